The summed E-state index contributed by atoms with van der Waals surface area (Å²) in [6.07, 6.45) is 7.96. The van der Waals surface area contributed by atoms with E-state index in [2.05, 4.69) is 27.5 Å². The third-order valence-electron chi connectivity index (χ3n) is 4.44. The smallest absolute Gasteiger partial charge is 0.291 e. The van der Waals surface area contributed by atoms with Crippen LogP contribution in [-0.4, -0.2) is 14.5 Å². The summed E-state index contributed by atoms with van der Waals surface area (Å²) in [5.74, 6) is 0.793. The molecule has 4 rings (SSSR count). The first-order valence-corrected chi connectivity index (χ1v) is 10.3. The maximum atomic E-state index is 12.7. The number of rotatable bonds is 5. The van der Waals surface area contributed by atoms with E-state index in [1.165, 1.54) is 22.6 Å². The van der Waals surface area contributed by atoms with E-state index in [-0.39, 0.29) is 5.69 Å². The second-order valence-electron chi connectivity index (χ2n) is 6.15. The Morgan fingerprint density at radius 2 is 2.12 bits per heavy atom. The molecule has 0 amide bonds. The molecule has 1 aliphatic rings. The van der Waals surface area contributed by atoms with Crippen molar-refractivity contribution >= 4 is 23.1 Å². The molecule has 0 aliphatic heterocycles. The summed E-state index contributed by atoms with van der Waals surface area (Å²) >= 11 is 3.35. The van der Waals surface area contributed by atoms with Gasteiger partial charge in [-0.1, -0.05) is 12.1 Å². The molecule has 0 spiro atoms. The average molecular weight is 370 g/mol. The molecule has 0 fully saturated rings. The Labute approximate surface area is 155 Å². The molecule has 0 radical (unpaired) electrons. The van der Waals surface area contributed by atoms with Crippen molar-refractivity contribution in [2.45, 2.75) is 43.0 Å². The molecule has 0 saturated carbocycles. The summed E-state index contributed by atoms with van der Waals surface area (Å²) in [7, 11) is 0. The Bertz CT molecular complexity index is 904. The molecule has 25 heavy (non-hydrogen) atoms. The van der Waals surface area contributed by atoms with Crippen molar-refractivity contribution in [3.8, 4) is 0 Å². The van der Waals surface area contributed by atoms with Gasteiger partial charge in [-0.2, -0.15) is 4.98 Å². The second kappa shape index (κ2) is 7.54. The van der Waals surface area contributed by atoms with Gasteiger partial charge < -0.3 is 0 Å². The molecule has 3 aromatic rings. The minimum atomic E-state index is -0.122. The lowest BCUT2D eigenvalue weighted by Crippen LogP contribution is -2.30. The van der Waals surface area contributed by atoms with Crippen LogP contribution in [0.15, 0.2) is 51.9 Å². The van der Waals surface area contributed by atoms with E-state index in [0.717, 1.165) is 35.6 Å². The number of hydrogen-bond acceptors (Lipinski definition) is 5. The van der Waals surface area contributed by atoms with Crippen molar-refractivity contribution < 1.29 is 0 Å². The summed E-state index contributed by atoms with van der Waals surface area (Å²) in [6.45, 7) is 0.638. The zero-order valence-corrected chi connectivity index (χ0v) is 15.5. The van der Waals surface area contributed by atoms with E-state index in [1.54, 1.807) is 29.3 Å². The third-order valence-corrected chi connectivity index (χ3v) is 6.39. The Morgan fingerprint density at radius 3 is 2.92 bits per heavy atom. The predicted octanol–water partition coefficient (Wildman–Crippen LogP) is 3.92. The number of thiophene rings is 1. The molecule has 0 aromatic carbocycles. The lowest BCUT2D eigenvalue weighted by Gasteiger charge is -2.22. The number of fused-ring (bicyclic) bond motifs is 1. The zero-order chi connectivity index (χ0) is 17.1. The molecule has 3 aromatic heterocycles. The number of aromatic nitrogens is 3. The molecular weight excluding hydrogens is 350 g/mol. The van der Waals surface area contributed by atoms with Gasteiger partial charge >= 0.3 is 5.69 Å². The Balaban J connectivity index is 1.66. The molecule has 0 unspecified atom stereocenters. The van der Waals surface area contributed by atoms with Crippen LogP contribution < -0.4 is 5.69 Å². The Hall–Kier alpha value is -1.92. The first-order valence-electron chi connectivity index (χ1n) is 8.48. The molecule has 1 aliphatic carbocycles. The van der Waals surface area contributed by atoms with Crippen molar-refractivity contribution in [1.82, 2.24) is 14.5 Å². The molecular formula is C19H19N3OS2. The van der Waals surface area contributed by atoms with Crippen LogP contribution in [-0.2, 0) is 25.1 Å². The van der Waals surface area contributed by atoms with Gasteiger partial charge in [-0.25, -0.2) is 4.79 Å². The highest BCUT2D eigenvalue weighted by Gasteiger charge is 2.20. The highest BCUT2D eigenvalue weighted by molar-refractivity contribution is 7.98. The van der Waals surface area contributed by atoms with Gasteiger partial charge in [-0.3, -0.25) is 9.55 Å². The molecule has 0 N–H and O–H groups in total. The van der Waals surface area contributed by atoms with Crippen LogP contribution in [0.4, 0.5) is 0 Å². The van der Waals surface area contributed by atoms with E-state index >= 15 is 0 Å². The van der Waals surface area contributed by atoms with Gasteiger partial charge in [0, 0.05) is 34.3 Å². The standard InChI is InChI=1S/C19H19N3OS2/c23-19-21-18(25-13-14-5-3-9-20-11-14)16-7-1-2-8-17(16)22(19)12-15-6-4-10-24-15/h3-6,9-11H,1-2,7-8,12-13H2. The Morgan fingerprint density at radius 1 is 1.20 bits per heavy atom. The maximum absolute atomic E-state index is 12.7. The first-order chi connectivity index (χ1) is 12.3. The van der Waals surface area contributed by atoms with Crippen LogP contribution >= 0.6 is 23.1 Å². The van der Waals surface area contributed by atoms with Crippen molar-refractivity contribution in [1.29, 1.82) is 0 Å². The van der Waals surface area contributed by atoms with E-state index in [0.29, 0.717) is 6.54 Å². The largest absolute Gasteiger partial charge is 0.349 e. The number of thioether (sulfide) groups is 1. The van der Waals surface area contributed by atoms with Gasteiger partial charge in [0.15, 0.2) is 0 Å². The van der Waals surface area contributed by atoms with Gasteiger partial charge in [-0.15, -0.1) is 23.1 Å². The van der Waals surface area contributed by atoms with Crippen molar-refractivity contribution in [2.75, 3.05) is 0 Å². The molecule has 0 saturated heterocycles. The molecule has 4 nitrogen and oxygen atoms in total. The summed E-state index contributed by atoms with van der Waals surface area (Å²) in [4.78, 5) is 22.5. The number of pyridine rings is 1. The normalized spacial score (nSPS) is 13.6. The molecule has 0 atom stereocenters. The predicted molar refractivity (Wildman–Crippen MR) is 102 cm³/mol. The molecule has 0 bridgehead atoms. The highest BCUT2D eigenvalue weighted by atomic mass is 32.2. The summed E-state index contributed by atoms with van der Waals surface area (Å²) in [6, 6.07) is 8.11. The van der Waals surface area contributed by atoms with Crippen molar-refractivity contribution in [3.63, 3.8) is 0 Å². The molecule has 3 heterocycles. The van der Waals surface area contributed by atoms with E-state index in [9.17, 15) is 4.79 Å². The van der Waals surface area contributed by atoms with Gasteiger partial charge in [0.2, 0.25) is 0 Å². The van der Waals surface area contributed by atoms with Gasteiger partial charge in [0.25, 0.3) is 0 Å². The highest BCUT2D eigenvalue weighted by Crippen LogP contribution is 2.30. The van der Waals surface area contributed by atoms with E-state index < -0.39 is 0 Å². The molecule has 6 heteroatoms. The SMILES string of the molecule is O=c1nc(SCc2cccnc2)c2c(n1Cc1cccs1)CCCC2. The fourth-order valence-electron chi connectivity index (χ4n) is 3.22. The van der Waals surface area contributed by atoms with Crippen molar-refractivity contribution in [2.24, 2.45) is 0 Å². The topological polar surface area (TPSA) is 47.8 Å². The summed E-state index contributed by atoms with van der Waals surface area (Å²) in [5.41, 5.74) is 3.49. The van der Waals surface area contributed by atoms with Gasteiger partial charge in [0.1, 0.15) is 5.03 Å². The van der Waals surface area contributed by atoms with Gasteiger partial charge in [-0.05, 0) is 48.8 Å². The lowest BCUT2D eigenvalue weighted by atomic mass is 9.97. The van der Waals surface area contributed by atoms with Crippen LogP contribution in [0, 0.1) is 0 Å². The maximum Gasteiger partial charge on any atom is 0.349 e. The molecule has 128 valence electrons. The van der Waals surface area contributed by atoms with Crippen LogP contribution in [0.2, 0.25) is 0 Å². The fourth-order valence-corrected chi connectivity index (χ4v) is 4.93. The van der Waals surface area contributed by atoms with Crippen LogP contribution in [0.25, 0.3) is 0 Å². The van der Waals surface area contributed by atoms with Crippen molar-refractivity contribution in [3.05, 3.63) is 74.2 Å². The Kier molecular flexibility index (Phi) is 4.99. The monoisotopic (exact) mass is 369 g/mol. The van der Waals surface area contributed by atoms with Crippen LogP contribution in [0.5, 0.6) is 0 Å². The number of hydrogen-bond donors (Lipinski definition) is 0. The fraction of sp³-hybridized carbons (Fsp3) is 0.316. The minimum Gasteiger partial charge on any atom is -0.291 e. The average Bonchev–Trinajstić information content (AvgIpc) is 3.17. The van der Waals surface area contributed by atoms with Crippen LogP contribution in [0.3, 0.4) is 0 Å². The lowest BCUT2D eigenvalue weighted by molar-refractivity contribution is 0.571. The first kappa shape index (κ1) is 16.5. The second-order valence-corrected chi connectivity index (χ2v) is 8.14. The minimum absolute atomic E-state index is 0.122. The van der Waals surface area contributed by atoms with E-state index in [4.69, 9.17) is 0 Å². The van der Waals surface area contributed by atoms with E-state index in [1.807, 2.05) is 22.9 Å². The van der Waals surface area contributed by atoms with Crippen LogP contribution in [0.1, 0.15) is 34.5 Å². The summed E-state index contributed by atoms with van der Waals surface area (Å²) in [5, 5.41) is 2.96. The summed E-state index contributed by atoms with van der Waals surface area (Å²) < 4.78 is 1.88. The zero-order valence-electron chi connectivity index (χ0n) is 13.9. The quantitative estimate of drug-likeness (QED) is 0.505. The van der Waals surface area contributed by atoms with Gasteiger partial charge in [0.05, 0.1) is 6.54 Å². The number of nitrogens with zero attached hydrogens (tertiary/aromatic N) is 3. The third kappa shape index (κ3) is 3.70.